The van der Waals surface area contributed by atoms with Crippen molar-refractivity contribution in [1.29, 1.82) is 0 Å². The normalized spacial score (nSPS) is 34.5. The molecule has 1 aliphatic heterocycles. The quantitative estimate of drug-likeness (QED) is 0.212. The molecule has 0 amide bonds. The maximum absolute atomic E-state index is 11.8. The number of non-ortho nitro benzene ring substituents is 1. The molecular formula is C38H46N2O4. The Labute approximate surface area is 261 Å². The molecule has 5 aliphatic rings. The maximum atomic E-state index is 11.8. The predicted octanol–water partition coefficient (Wildman–Crippen LogP) is 8.24. The number of terminal acetylenes is 1. The molecule has 232 valence electrons. The molecule has 4 aliphatic carbocycles. The van der Waals surface area contributed by atoms with Crippen molar-refractivity contribution in [3.63, 3.8) is 0 Å². The van der Waals surface area contributed by atoms with Gasteiger partial charge in [-0.15, -0.1) is 6.42 Å². The van der Waals surface area contributed by atoms with Crippen LogP contribution in [-0.4, -0.2) is 27.5 Å². The molecule has 0 radical (unpaired) electrons. The molecule has 44 heavy (non-hydrogen) atoms. The van der Waals surface area contributed by atoms with E-state index in [-0.39, 0.29) is 21.4 Å². The Kier molecular flexibility index (Phi) is 7.77. The van der Waals surface area contributed by atoms with Gasteiger partial charge in [-0.1, -0.05) is 50.5 Å². The Hall–Kier alpha value is -3.43. The summed E-state index contributed by atoms with van der Waals surface area (Å²) in [6.07, 6.45) is 16.9. The van der Waals surface area contributed by atoms with Crippen LogP contribution in [0.5, 0.6) is 0 Å². The first-order valence-corrected chi connectivity index (χ1v) is 16.5. The number of nitrogens with one attached hydrogen (secondary N) is 1. The van der Waals surface area contributed by atoms with E-state index in [1.807, 2.05) is 18.2 Å². The number of nitro groups is 1. The van der Waals surface area contributed by atoms with Gasteiger partial charge in [-0.25, -0.2) is 0 Å². The molecule has 2 aromatic carbocycles. The SMILES string of the molecule is C#C[C@]1(O)CC[C@H]2[C@@H]3CCC4=CC(=O)CC[C@@H]4[C@H]3CC[C@@]21CC.CC1Nc2ccc(-c3cccc([N+](=O)[O-])c3)cc2C1(C)C. The number of hydrogen-bond donors (Lipinski definition) is 2. The lowest BCUT2D eigenvalue weighted by molar-refractivity contribution is -0.384. The molecule has 7 rings (SSSR count). The molecule has 7 atom stereocenters. The first-order chi connectivity index (χ1) is 20.9. The van der Waals surface area contributed by atoms with Crippen LogP contribution in [0.15, 0.2) is 54.1 Å². The van der Waals surface area contributed by atoms with Crippen molar-refractivity contribution >= 4 is 17.2 Å². The minimum atomic E-state index is -0.893. The number of benzene rings is 2. The van der Waals surface area contributed by atoms with Crippen LogP contribution < -0.4 is 5.32 Å². The zero-order chi connectivity index (χ0) is 31.4. The summed E-state index contributed by atoms with van der Waals surface area (Å²) in [5.74, 6) is 5.73. The smallest absolute Gasteiger partial charge is 0.270 e. The van der Waals surface area contributed by atoms with Gasteiger partial charge in [-0.05, 0) is 117 Å². The highest BCUT2D eigenvalue weighted by Gasteiger charge is 2.63. The van der Waals surface area contributed by atoms with Gasteiger partial charge in [0.05, 0.1) is 4.92 Å². The fourth-order valence-corrected chi connectivity index (χ4v) is 9.79. The van der Waals surface area contributed by atoms with E-state index in [9.17, 15) is 20.0 Å². The van der Waals surface area contributed by atoms with Crippen LogP contribution in [-0.2, 0) is 10.2 Å². The summed E-state index contributed by atoms with van der Waals surface area (Å²) < 4.78 is 0. The van der Waals surface area contributed by atoms with Crippen LogP contribution in [0.1, 0.15) is 91.0 Å². The maximum Gasteiger partial charge on any atom is 0.270 e. The second-order valence-corrected chi connectivity index (χ2v) is 14.6. The molecule has 6 nitrogen and oxygen atoms in total. The van der Waals surface area contributed by atoms with Crippen molar-refractivity contribution in [3.05, 3.63) is 69.8 Å². The largest absolute Gasteiger partial charge is 0.381 e. The number of nitro benzene ring substituents is 1. The molecule has 1 unspecified atom stereocenters. The number of carbonyl (C=O) groups is 1. The Bertz CT molecular complexity index is 1550. The molecule has 2 aromatic rings. The summed E-state index contributed by atoms with van der Waals surface area (Å²) in [6, 6.07) is 13.4. The number of hydrogen-bond acceptors (Lipinski definition) is 5. The lowest BCUT2D eigenvalue weighted by Crippen LogP contribution is -2.53. The van der Waals surface area contributed by atoms with Gasteiger partial charge in [0.25, 0.3) is 5.69 Å². The first-order valence-electron chi connectivity index (χ1n) is 16.5. The lowest BCUT2D eigenvalue weighted by Gasteiger charge is -2.55. The third-order valence-corrected chi connectivity index (χ3v) is 12.6. The van der Waals surface area contributed by atoms with E-state index >= 15 is 0 Å². The van der Waals surface area contributed by atoms with Gasteiger partial charge in [-0.3, -0.25) is 14.9 Å². The van der Waals surface area contributed by atoms with E-state index in [2.05, 4.69) is 51.1 Å². The Morgan fingerprint density at radius 3 is 2.55 bits per heavy atom. The van der Waals surface area contributed by atoms with Crippen molar-refractivity contribution in [2.75, 3.05) is 5.32 Å². The van der Waals surface area contributed by atoms with Crippen molar-refractivity contribution in [1.82, 2.24) is 0 Å². The van der Waals surface area contributed by atoms with Gasteiger partial charge < -0.3 is 10.4 Å². The third kappa shape index (κ3) is 4.79. The molecule has 6 heteroatoms. The zero-order valence-electron chi connectivity index (χ0n) is 26.6. The molecule has 0 bridgehead atoms. The average molecular weight is 595 g/mol. The van der Waals surface area contributed by atoms with E-state index in [0.29, 0.717) is 35.5 Å². The number of allylic oxidation sites excluding steroid dienone is 1. The number of rotatable bonds is 3. The topological polar surface area (TPSA) is 92.5 Å². The minimum absolute atomic E-state index is 0.0477. The highest BCUT2D eigenvalue weighted by Crippen LogP contribution is 2.66. The van der Waals surface area contributed by atoms with Crippen molar-refractivity contribution in [2.45, 2.75) is 103 Å². The molecular weight excluding hydrogens is 548 g/mol. The Morgan fingerprint density at radius 1 is 1.05 bits per heavy atom. The van der Waals surface area contributed by atoms with E-state index in [1.165, 1.54) is 30.0 Å². The molecule has 0 aromatic heterocycles. The van der Waals surface area contributed by atoms with Gasteiger partial charge >= 0.3 is 0 Å². The predicted molar refractivity (Wildman–Crippen MR) is 175 cm³/mol. The Morgan fingerprint density at radius 2 is 1.82 bits per heavy atom. The summed E-state index contributed by atoms with van der Waals surface area (Å²) >= 11 is 0. The molecule has 0 saturated heterocycles. The van der Waals surface area contributed by atoms with Gasteiger partial charge in [-0.2, -0.15) is 0 Å². The summed E-state index contributed by atoms with van der Waals surface area (Å²) in [5.41, 5.74) is 4.96. The molecule has 1 heterocycles. The summed E-state index contributed by atoms with van der Waals surface area (Å²) in [5, 5.41) is 25.5. The van der Waals surface area contributed by atoms with Crippen LogP contribution in [0, 0.1) is 51.5 Å². The minimum Gasteiger partial charge on any atom is -0.381 e. The number of nitrogens with zero attached hydrogens (tertiary/aromatic N) is 1. The van der Waals surface area contributed by atoms with E-state index in [1.54, 1.807) is 12.1 Å². The fraction of sp³-hybridized carbons (Fsp3) is 0.553. The van der Waals surface area contributed by atoms with Crippen LogP contribution in [0.2, 0.25) is 0 Å². The summed E-state index contributed by atoms with van der Waals surface area (Å²) in [6.45, 7) is 8.82. The zero-order valence-corrected chi connectivity index (χ0v) is 26.6. The number of aliphatic hydroxyl groups is 1. The highest BCUT2D eigenvalue weighted by atomic mass is 16.6. The fourth-order valence-electron chi connectivity index (χ4n) is 9.79. The van der Waals surface area contributed by atoms with Crippen LogP contribution in [0.4, 0.5) is 11.4 Å². The molecule has 2 N–H and O–H groups in total. The molecule has 3 saturated carbocycles. The average Bonchev–Trinajstić information content (AvgIpc) is 3.46. The number of fused-ring (bicyclic) bond motifs is 6. The highest BCUT2D eigenvalue weighted by molar-refractivity contribution is 5.91. The van der Waals surface area contributed by atoms with Crippen LogP contribution in [0.3, 0.4) is 0 Å². The second-order valence-electron chi connectivity index (χ2n) is 14.6. The third-order valence-electron chi connectivity index (χ3n) is 12.6. The van der Waals surface area contributed by atoms with Gasteiger partial charge in [0.1, 0.15) is 5.60 Å². The summed E-state index contributed by atoms with van der Waals surface area (Å²) in [4.78, 5) is 22.3. The molecule has 3 fully saturated rings. The van der Waals surface area contributed by atoms with E-state index < -0.39 is 5.60 Å². The molecule has 0 spiro atoms. The number of carbonyl (C=O) groups excluding carboxylic acids is 1. The lowest BCUT2D eigenvalue weighted by atomic mass is 9.49. The monoisotopic (exact) mass is 594 g/mol. The van der Waals surface area contributed by atoms with Gasteiger partial charge in [0.15, 0.2) is 5.78 Å². The van der Waals surface area contributed by atoms with Gasteiger partial charge in [0.2, 0.25) is 0 Å². The van der Waals surface area contributed by atoms with Gasteiger partial charge in [0, 0.05) is 41.1 Å². The van der Waals surface area contributed by atoms with Crippen LogP contribution >= 0.6 is 0 Å². The van der Waals surface area contributed by atoms with Crippen molar-refractivity contribution < 1.29 is 14.8 Å². The van der Waals surface area contributed by atoms with E-state index in [0.717, 1.165) is 61.8 Å². The Balaban J connectivity index is 0.000000157. The van der Waals surface area contributed by atoms with Crippen LogP contribution in [0.25, 0.3) is 11.1 Å². The number of ketones is 1. The van der Waals surface area contributed by atoms with E-state index in [4.69, 9.17) is 6.42 Å². The standard InChI is InChI=1S/C21H28O2.C17H18N2O2/c1-3-20-11-9-17-16-8-6-15(22)13-14(16)5-7-18(17)19(20)10-12-21(20,23)4-2;1-11-17(2,3)15-10-13(7-8-16(15)18-11)12-5-4-6-14(9-12)19(20)21/h2,13,16-19,23H,3,5-12H2,1H3;4-11,18H,1-3H3/t16-,17+,18+,19-,20-,21-;/m0./s1. The first kappa shape index (κ1) is 30.6. The second kappa shape index (κ2) is 11.2. The van der Waals surface area contributed by atoms with Crippen molar-refractivity contribution in [2.24, 2.45) is 29.1 Å². The summed E-state index contributed by atoms with van der Waals surface area (Å²) in [7, 11) is 0. The number of anilines is 1. The van der Waals surface area contributed by atoms with Crippen molar-refractivity contribution in [3.8, 4) is 23.5 Å².